The SMILES string of the molecule is CC1CCC(C#N)(Cc2cncc(Br)c2)C1. The van der Waals surface area contributed by atoms with Gasteiger partial charge >= 0.3 is 0 Å². The molecule has 2 unspecified atom stereocenters. The second-order valence-corrected chi connectivity index (χ2v) is 5.84. The molecule has 2 rings (SSSR count). The summed E-state index contributed by atoms with van der Waals surface area (Å²) >= 11 is 3.42. The summed E-state index contributed by atoms with van der Waals surface area (Å²) in [6, 6.07) is 4.60. The summed E-state index contributed by atoms with van der Waals surface area (Å²) in [5.74, 6) is 0.680. The second kappa shape index (κ2) is 4.55. The molecule has 2 atom stereocenters. The summed E-state index contributed by atoms with van der Waals surface area (Å²) in [6.45, 7) is 2.23. The standard InChI is InChI=1S/C13H15BrN2/c1-10-2-3-13(5-10,9-15)6-11-4-12(14)8-16-7-11/h4,7-8,10H,2-3,5-6H2,1H3. The average molecular weight is 279 g/mol. The maximum absolute atomic E-state index is 9.38. The summed E-state index contributed by atoms with van der Waals surface area (Å²) in [4.78, 5) is 4.15. The molecule has 0 saturated heterocycles. The number of hydrogen-bond donors (Lipinski definition) is 0. The number of rotatable bonds is 2. The van der Waals surface area contributed by atoms with Gasteiger partial charge in [0.1, 0.15) is 0 Å². The van der Waals surface area contributed by atoms with Gasteiger partial charge in [0.15, 0.2) is 0 Å². The van der Waals surface area contributed by atoms with Gasteiger partial charge in [-0.05, 0) is 59.2 Å². The first kappa shape index (κ1) is 11.6. The van der Waals surface area contributed by atoms with Crippen molar-refractivity contribution in [3.05, 3.63) is 28.5 Å². The maximum atomic E-state index is 9.38. The van der Waals surface area contributed by atoms with Gasteiger partial charge in [0.2, 0.25) is 0 Å². The van der Waals surface area contributed by atoms with Crippen molar-refractivity contribution in [1.82, 2.24) is 4.98 Å². The molecule has 0 N–H and O–H groups in total. The number of pyridine rings is 1. The van der Waals surface area contributed by atoms with Crippen LogP contribution in [0.25, 0.3) is 0 Å². The van der Waals surface area contributed by atoms with Crippen molar-refractivity contribution >= 4 is 15.9 Å². The van der Waals surface area contributed by atoms with Crippen LogP contribution >= 0.6 is 15.9 Å². The summed E-state index contributed by atoms with van der Waals surface area (Å²) in [6.07, 6.45) is 7.70. The van der Waals surface area contributed by atoms with Crippen LogP contribution in [0.3, 0.4) is 0 Å². The lowest BCUT2D eigenvalue weighted by Crippen LogP contribution is -2.17. The summed E-state index contributed by atoms with van der Waals surface area (Å²) in [7, 11) is 0. The molecular weight excluding hydrogens is 264 g/mol. The third-order valence-electron chi connectivity index (χ3n) is 3.40. The quantitative estimate of drug-likeness (QED) is 0.827. The van der Waals surface area contributed by atoms with E-state index in [1.54, 1.807) is 6.20 Å². The molecule has 3 heteroatoms. The highest BCUT2D eigenvalue weighted by molar-refractivity contribution is 9.10. The Morgan fingerprint density at radius 1 is 1.62 bits per heavy atom. The Hall–Kier alpha value is -0.880. The van der Waals surface area contributed by atoms with E-state index in [-0.39, 0.29) is 5.41 Å². The molecule has 0 aromatic carbocycles. The van der Waals surface area contributed by atoms with Crippen LogP contribution in [0.5, 0.6) is 0 Å². The third kappa shape index (κ3) is 2.44. The van der Waals surface area contributed by atoms with Gasteiger partial charge in [-0.1, -0.05) is 6.92 Å². The average Bonchev–Trinajstić information content (AvgIpc) is 2.61. The first-order valence-electron chi connectivity index (χ1n) is 5.64. The fourth-order valence-corrected chi connectivity index (χ4v) is 3.05. The predicted molar refractivity (Wildman–Crippen MR) is 66.7 cm³/mol. The molecule has 1 fully saturated rings. The molecule has 0 amide bonds. The zero-order valence-electron chi connectivity index (χ0n) is 9.41. The van der Waals surface area contributed by atoms with E-state index in [9.17, 15) is 5.26 Å². The first-order chi connectivity index (χ1) is 7.63. The van der Waals surface area contributed by atoms with Crippen LogP contribution in [0.1, 0.15) is 31.7 Å². The molecule has 0 aliphatic heterocycles. The van der Waals surface area contributed by atoms with Crippen LogP contribution in [0.15, 0.2) is 22.9 Å². The molecule has 2 nitrogen and oxygen atoms in total. The molecule has 0 spiro atoms. The van der Waals surface area contributed by atoms with E-state index < -0.39 is 0 Å². The van der Waals surface area contributed by atoms with Gasteiger partial charge in [-0.25, -0.2) is 0 Å². The third-order valence-corrected chi connectivity index (χ3v) is 3.83. The van der Waals surface area contributed by atoms with Gasteiger partial charge in [-0.2, -0.15) is 5.26 Å². The van der Waals surface area contributed by atoms with Crippen LogP contribution < -0.4 is 0 Å². The van der Waals surface area contributed by atoms with Crippen molar-refractivity contribution in [3.8, 4) is 6.07 Å². The van der Waals surface area contributed by atoms with Crippen molar-refractivity contribution in [2.45, 2.75) is 32.6 Å². The topological polar surface area (TPSA) is 36.7 Å². The van der Waals surface area contributed by atoms with E-state index in [0.29, 0.717) is 5.92 Å². The summed E-state index contributed by atoms with van der Waals surface area (Å²) in [5.41, 5.74) is 1.01. The smallest absolute Gasteiger partial charge is 0.0693 e. The van der Waals surface area contributed by atoms with Gasteiger partial charge in [0, 0.05) is 16.9 Å². The highest BCUT2D eigenvalue weighted by Gasteiger charge is 2.37. The van der Waals surface area contributed by atoms with Crippen molar-refractivity contribution in [1.29, 1.82) is 5.26 Å². The number of nitriles is 1. The summed E-state index contributed by atoms with van der Waals surface area (Å²) in [5, 5.41) is 9.38. The number of halogens is 1. The van der Waals surface area contributed by atoms with Crippen LogP contribution in [0, 0.1) is 22.7 Å². The lowest BCUT2D eigenvalue weighted by Gasteiger charge is -2.20. The molecule has 16 heavy (non-hydrogen) atoms. The minimum Gasteiger partial charge on any atom is -0.263 e. The Morgan fingerprint density at radius 2 is 2.44 bits per heavy atom. The molecule has 0 radical (unpaired) electrons. The number of hydrogen-bond acceptors (Lipinski definition) is 2. The molecular formula is C13H15BrN2. The molecule has 1 heterocycles. The van der Waals surface area contributed by atoms with Gasteiger partial charge in [-0.15, -0.1) is 0 Å². The first-order valence-corrected chi connectivity index (χ1v) is 6.43. The van der Waals surface area contributed by atoms with Crippen molar-refractivity contribution in [2.75, 3.05) is 0 Å². The zero-order chi connectivity index (χ0) is 11.6. The fraction of sp³-hybridized carbons (Fsp3) is 0.538. The molecule has 1 aliphatic rings. The number of aromatic nitrogens is 1. The highest BCUT2D eigenvalue weighted by atomic mass is 79.9. The minimum atomic E-state index is -0.151. The van der Waals surface area contributed by atoms with E-state index in [1.807, 2.05) is 6.20 Å². The lowest BCUT2D eigenvalue weighted by molar-refractivity contribution is 0.391. The summed E-state index contributed by atoms with van der Waals surface area (Å²) < 4.78 is 0.990. The molecule has 1 aliphatic carbocycles. The van der Waals surface area contributed by atoms with E-state index in [2.05, 4.69) is 40.0 Å². The van der Waals surface area contributed by atoms with Crippen molar-refractivity contribution < 1.29 is 0 Å². The van der Waals surface area contributed by atoms with Gasteiger partial charge in [0.25, 0.3) is 0 Å². The molecule has 1 aromatic heterocycles. The zero-order valence-corrected chi connectivity index (χ0v) is 11.0. The fourth-order valence-electron chi connectivity index (χ4n) is 2.64. The largest absolute Gasteiger partial charge is 0.263 e. The van der Waals surface area contributed by atoms with Gasteiger partial charge in [0.05, 0.1) is 11.5 Å². The minimum absolute atomic E-state index is 0.151. The van der Waals surface area contributed by atoms with Crippen LogP contribution in [0.4, 0.5) is 0 Å². The van der Waals surface area contributed by atoms with Gasteiger partial charge < -0.3 is 0 Å². The van der Waals surface area contributed by atoms with Gasteiger partial charge in [-0.3, -0.25) is 4.98 Å². The van der Waals surface area contributed by atoms with Crippen molar-refractivity contribution in [2.24, 2.45) is 11.3 Å². The second-order valence-electron chi connectivity index (χ2n) is 4.93. The van der Waals surface area contributed by atoms with E-state index in [4.69, 9.17) is 0 Å². The Kier molecular flexibility index (Phi) is 3.30. The molecule has 1 aromatic rings. The Bertz CT molecular complexity index is 424. The number of nitrogens with zero attached hydrogens (tertiary/aromatic N) is 2. The highest BCUT2D eigenvalue weighted by Crippen LogP contribution is 2.43. The van der Waals surface area contributed by atoms with E-state index in [0.717, 1.165) is 29.3 Å². The Labute approximate surface area is 105 Å². The Balaban J connectivity index is 2.17. The van der Waals surface area contributed by atoms with Crippen molar-refractivity contribution in [3.63, 3.8) is 0 Å². The van der Waals surface area contributed by atoms with Crippen LogP contribution in [-0.2, 0) is 6.42 Å². The molecule has 84 valence electrons. The monoisotopic (exact) mass is 278 g/mol. The predicted octanol–water partition coefficient (Wildman–Crippen LogP) is 3.72. The van der Waals surface area contributed by atoms with E-state index in [1.165, 1.54) is 6.42 Å². The normalized spacial score (nSPS) is 28.9. The Morgan fingerprint density at radius 3 is 3.00 bits per heavy atom. The lowest BCUT2D eigenvalue weighted by atomic mass is 9.81. The van der Waals surface area contributed by atoms with Crippen LogP contribution in [-0.4, -0.2) is 4.98 Å². The molecule has 1 saturated carbocycles. The molecule has 0 bridgehead atoms. The van der Waals surface area contributed by atoms with Crippen LogP contribution in [0.2, 0.25) is 0 Å². The maximum Gasteiger partial charge on any atom is 0.0693 e. The van der Waals surface area contributed by atoms with E-state index >= 15 is 0 Å².